The molecule has 1 unspecified atom stereocenters. The average molecular weight is 301 g/mol. The van der Waals surface area contributed by atoms with Gasteiger partial charge in [0.05, 0.1) is 12.7 Å². The Morgan fingerprint density at radius 2 is 1.52 bits per heavy atom. The summed E-state index contributed by atoms with van der Waals surface area (Å²) < 4.78 is 0. The second-order valence-electron chi connectivity index (χ2n) is 5.68. The van der Waals surface area contributed by atoms with E-state index >= 15 is 0 Å². The minimum absolute atomic E-state index is 0.000148. The zero-order valence-electron chi connectivity index (χ0n) is 13.9. The molecule has 0 aliphatic heterocycles. The van der Waals surface area contributed by atoms with Crippen LogP contribution in [0.1, 0.15) is 65.2 Å². The fourth-order valence-electron chi connectivity index (χ4n) is 2.20. The molecular weight excluding hydrogens is 266 g/mol. The summed E-state index contributed by atoms with van der Waals surface area (Å²) in [6, 6.07) is 0. The maximum absolute atomic E-state index is 10.4. The summed E-state index contributed by atoms with van der Waals surface area (Å²) in [5.41, 5.74) is 0. The van der Waals surface area contributed by atoms with Gasteiger partial charge in [-0.1, -0.05) is 51.9 Å². The van der Waals surface area contributed by atoms with Gasteiger partial charge in [-0.05, 0) is 19.9 Å². The van der Waals surface area contributed by atoms with Gasteiger partial charge < -0.3 is 15.7 Å². The molecule has 0 heterocycles. The minimum Gasteiger partial charge on any atom is -0.480 e. The van der Waals surface area contributed by atoms with E-state index in [1.807, 2.05) is 6.92 Å². The maximum atomic E-state index is 10.4. The molecule has 21 heavy (non-hydrogen) atoms. The van der Waals surface area contributed by atoms with Gasteiger partial charge in [-0.15, -0.1) is 0 Å². The van der Waals surface area contributed by atoms with Gasteiger partial charge in [-0.2, -0.15) is 0 Å². The van der Waals surface area contributed by atoms with Crippen LogP contribution in [0.4, 0.5) is 0 Å². The molecule has 0 saturated carbocycles. The molecule has 0 bridgehead atoms. The first-order valence-corrected chi connectivity index (χ1v) is 8.56. The van der Waals surface area contributed by atoms with Crippen molar-refractivity contribution >= 4 is 5.97 Å². The van der Waals surface area contributed by atoms with Gasteiger partial charge in [-0.3, -0.25) is 10.1 Å². The van der Waals surface area contributed by atoms with Crippen LogP contribution in [0.2, 0.25) is 0 Å². The van der Waals surface area contributed by atoms with E-state index in [-0.39, 0.29) is 12.7 Å². The highest BCUT2D eigenvalue weighted by molar-refractivity contribution is 5.69. The van der Waals surface area contributed by atoms with Crippen molar-refractivity contribution in [2.75, 3.05) is 26.2 Å². The highest BCUT2D eigenvalue weighted by Crippen LogP contribution is 2.07. The third kappa shape index (κ3) is 17.3. The molecule has 0 aliphatic carbocycles. The molecule has 0 rings (SSSR count). The van der Waals surface area contributed by atoms with Gasteiger partial charge in [0, 0.05) is 13.1 Å². The lowest BCUT2D eigenvalue weighted by Crippen LogP contribution is -2.44. The van der Waals surface area contributed by atoms with Crippen molar-refractivity contribution in [3.05, 3.63) is 0 Å². The van der Waals surface area contributed by atoms with E-state index < -0.39 is 5.97 Å². The molecule has 0 aromatic heterocycles. The number of hydrogen-bond donors (Lipinski definition) is 4. The first kappa shape index (κ1) is 20.3. The van der Waals surface area contributed by atoms with Gasteiger partial charge in [0.2, 0.25) is 0 Å². The van der Waals surface area contributed by atoms with E-state index in [1.165, 1.54) is 51.4 Å². The van der Waals surface area contributed by atoms with Crippen LogP contribution in [-0.4, -0.2) is 43.4 Å². The SMILES string of the molecule is CCCCCCCCCCNCCNC(C)NCC(=O)O. The molecule has 5 heteroatoms. The lowest BCUT2D eigenvalue weighted by molar-refractivity contribution is -0.136. The Hall–Kier alpha value is -0.650. The molecule has 0 aromatic carbocycles. The summed E-state index contributed by atoms with van der Waals surface area (Å²) in [5, 5.41) is 18.1. The topological polar surface area (TPSA) is 73.4 Å². The van der Waals surface area contributed by atoms with Crippen molar-refractivity contribution in [1.82, 2.24) is 16.0 Å². The first-order valence-electron chi connectivity index (χ1n) is 8.56. The Morgan fingerprint density at radius 1 is 0.905 bits per heavy atom. The van der Waals surface area contributed by atoms with Crippen molar-refractivity contribution in [2.45, 2.75) is 71.4 Å². The third-order valence-electron chi connectivity index (χ3n) is 3.52. The van der Waals surface area contributed by atoms with Crippen LogP contribution < -0.4 is 16.0 Å². The molecule has 0 spiro atoms. The fourth-order valence-corrected chi connectivity index (χ4v) is 2.20. The lowest BCUT2D eigenvalue weighted by atomic mass is 10.1. The fraction of sp³-hybridized carbons (Fsp3) is 0.938. The Labute approximate surface area is 130 Å². The number of carbonyl (C=O) groups is 1. The van der Waals surface area contributed by atoms with Crippen molar-refractivity contribution in [2.24, 2.45) is 0 Å². The Balaban J connectivity index is 3.10. The number of hydrogen-bond acceptors (Lipinski definition) is 4. The van der Waals surface area contributed by atoms with E-state index in [0.717, 1.165) is 19.6 Å². The van der Waals surface area contributed by atoms with Gasteiger partial charge in [0.25, 0.3) is 0 Å². The molecular formula is C16H35N3O2. The predicted octanol–water partition coefficient (Wildman–Crippen LogP) is 2.33. The van der Waals surface area contributed by atoms with E-state index in [2.05, 4.69) is 22.9 Å². The normalized spacial score (nSPS) is 12.5. The zero-order valence-corrected chi connectivity index (χ0v) is 13.9. The number of nitrogens with one attached hydrogen (secondary N) is 3. The lowest BCUT2D eigenvalue weighted by Gasteiger charge is -2.14. The summed E-state index contributed by atoms with van der Waals surface area (Å²) in [6.07, 6.45) is 10.8. The largest absolute Gasteiger partial charge is 0.480 e. The summed E-state index contributed by atoms with van der Waals surface area (Å²) in [7, 11) is 0. The second-order valence-corrected chi connectivity index (χ2v) is 5.68. The van der Waals surface area contributed by atoms with Crippen LogP contribution in [-0.2, 0) is 4.79 Å². The third-order valence-corrected chi connectivity index (χ3v) is 3.52. The Kier molecular flexibility index (Phi) is 15.2. The zero-order chi connectivity index (χ0) is 15.8. The number of carboxylic acid groups (broad SMARTS) is 1. The minimum atomic E-state index is -0.823. The number of rotatable bonds is 16. The van der Waals surface area contributed by atoms with Gasteiger partial charge in [0.1, 0.15) is 0 Å². The van der Waals surface area contributed by atoms with Gasteiger partial charge in [-0.25, -0.2) is 0 Å². The standard InChI is InChI=1S/C16H35N3O2/c1-3-4-5-6-7-8-9-10-11-17-12-13-18-15(2)19-14-16(20)21/h15,17-19H,3-14H2,1-2H3,(H,20,21). The molecule has 0 aromatic rings. The van der Waals surface area contributed by atoms with Crippen LogP contribution >= 0.6 is 0 Å². The average Bonchev–Trinajstić information content (AvgIpc) is 2.46. The molecule has 0 fully saturated rings. The summed E-state index contributed by atoms with van der Waals surface area (Å²) in [6.45, 7) is 7.04. The van der Waals surface area contributed by atoms with Crippen molar-refractivity contribution in [1.29, 1.82) is 0 Å². The summed E-state index contributed by atoms with van der Waals surface area (Å²) in [4.78, 5) is 10.4. The molecule has 0 radical (unpaired) electrons. The molecule has 0 amide bonds. The van der Waals surface area contributed by atoms with Gasteiger partial charge >= 0.3 is 5.97 Å². The van der Waals surface area contributed by atoms with E-state index in [9.17, 15) is 4.79 Å². The molecule has 126 valence electrons. The molecule has 4 N–H and O–H groups in total. The van der Waals surface area contributed by atoms with E-state index in [0.29, 0.717) is 0 Å². The van der Waals surface area contributed by atoms with Gasteiger partial charge in [0.15, 0.2) is 0 Å². The summed E-state index contributed by atoms with van der Waals surface area (Å²) >= 11 is 0. The van der Waals surface area contributed by atoms with Crippen LogP contribution in [0.25, 0.3) is 0 Å². The maximum Gasteiger partial charge on any atom is 0.317 e. The van der Waals surface area contributed by atoms with Crippen LogP contribution in [0.3, 0.4) is 0 Å². The Morgan fingerprint density at radius 3 is 2.14 bits per heavy atom. The predicted molar refractivity (Wildman–Crippen MR) is 88.6 cm³/mol. The number of aliphatic carboxylic acids is 1. The first-order chi connectivity index (χ1) is 10.2. The molecule has 0 aliphatic rings. The van der Waals surface area contributed by atoms with Crippen LogP contribution in [0.5, 0.6) is 0 Å². The van der Waals surface area contributed by atoms with E-state index in [1.54, 1.807) is 0 Å². The molecule has 0 saturated heterocycles. The molecule has 5 nitrogen and oxygen atoms in total. The number of unbranched alkanes of at least 4 members (excludes halogenated alkanes) is 7. The van der Waals surface area contributed by atoms with Crippen LogP contribution in [0.15, 0.2) is 0 Å². The van der Waals surface area contributed by atoms with Crippen molar-refractivity contribution < 1.29 is 9.90 Å². The smallest absolute Gasteiger partial charge is 0.317 e. The molecule has 1 atom stereocenters. The quantitative estimate of drug-likeness (QED) is 0.260. The monoisotopic (exact) mass is 301 g/mol. The highest BCUT2D eigenvalue weighted by Gasteiger charge is 2.01. The Bertz CT molecular complexity index is 238. The highest BCUT2D eigenvalue weighted by atomic mass is 16.4. The summed E-state index contributed by atoms with van der Waals surface area (Å²) in [5.74, 6) is -0.823. The van der Waals surface area contributed by atoms with Crippen molar-refractivity contribution in [3.8, 4) is 0 Å². The van der Waals surface area contributed by atoms with Crippen molar-refractivity contribution in [3.63, 3.8) is 0 Å². The van der Waals surface area contributed by atoms with Crippen LogP contribution in [0, 0.1) is 0 Å². The number of carboxylic acids is 1. The second kappa shape index (κ2) is 15.7. The van der Waals surface area contributed by atoms with E-state index in [4.69, 9.17) is 5.11 Å².